The molecule has 35 heavy (non-hydrogen) atoms. The standard InChI is InChI=1S/C23H25F3N7O2/c1-15(32-13-10-27-21(34)14-32)35-18-4-2-16(3-5-18)17-8-11-31(12-9-17)20-7-6-19-28-29-22(23(24,25)26)33(19)30-20/h2-7,15,17H,8-14H2,1H3. The van der Waals surface area contributed by atoms with E-state index in [1.165, 1.54) is 11.6 Å². The summed E-state index contributed by atoms with van der Waals surface area (Å²) in [5.41, 5.74) is 1.26. The summed E-state index contributed by atoms with van der Waals surface area (Å²) < 4.78 is 46.3. The van der Waals surface area contributed by atoms with Gasteiger partial charge in [-0.1, -0.05) is 12.1 Å². The van der Waals surface area contributed by atoms with Crippen LogP contribution in [0, 0.1) is 0 Å². The zero-order valence-electron chi connectivity index (χ0n) is 19.1. The second-order valence-electron chi connectivity index (χ2n) is 8.78. The molecule has 12 heteroatoms. The van der Waals surface area contributed by atoms with Crippen molar-refractivity contribution >= 4 is 17.4 Å². The first-order valence-corrected chi connectivity index (χ1v) is 11.5. The highest BCUT2D eigenvalue weighted by molar-refractivity contribution is 5.78. The van der Waals surface area contributed by atoms with Crippen LogP contribution in [-0.2, 0) is 11.0 Å². The van der Waals surface area contributed by atoms with E-state index in [0.717, 1.165) is 23.1 Å². The van der Waals surface area contributed by atoms with Crippen LogP contribution in [0.15, 0.2) is 36.4 Å². The molecular weight excluding hydrogens is 463 g/mol. The topological polar surface area (TPSA) is 90.0 Å². The van der Waals surface area contributed by atoms with E-state index in [2.05, 4.69) is 32.7 Å². The van der Waals surface area contributed by atoms with Crippen molar-refractivity contribution in [3.63, 3.8) is 0 Å². The van der Waals surface area contributed by atoms with Crippen LogP contribution in [0.3, 0.4) is 0 Å². The van der Waals surface area contributed by atoms with Gasteiger partial charge in [0.2, 0.25) is 0 Å². The number of anilines is 1. The van der Waals surface area contributed by atoms with Gasteiger partial charge >= 0.3 is 6.18 Å². The van der Waals surface area contributed by atoms with Crippen molar-refractivity contribution in [2.45, 2.75) is 38.1 Å². The van der Waals surface area contributed by atoms with E-state index in [4.69, 9.17) is 4.74 Å². The number of fused-ring (bicyclic) bond motifs is 1. The van der Waals surface area contributed by atoms with Gasteiger partial charge in [-0.2, -0.15) is 17.7 Å². The fourth-order valence-electron chi connectivity index (χ4n) is 4.57. The van der Waals surface area contributed by atoms with Gasteiger partial charge in [-0.25, -0.2) is 5.32 Å². The van der Waals surface area contributed by atoms with E-state index in [-0.39, 0.29) is 24.3 Å². The lowest BCUT2D eigenvalue weighted by molar-refractivity contribution is -0.146. The highest BCUT2D eigenvalue weighted by Gasteiger charge is 2.38. The van der Waals surface area contributed by atoms with Crippen LogP contribution in [0.1, 0.15) is 37.1 Å². The smallest absolute Gasteiger partial charge is 0.453 e. The molecule has 0 aliphatic carbocycles. The minimum atomic E-state index is -4.62. The van der Waals surface area contributed by atoms with Crippen LogP contribution in [0.25, 0.3) is 5.65 Å². The molecule has 2 saturated heterocycles. The summed E-state index contributed by atoms with van der Waals surface area (Å²) in [6.45, 7) is 4.74. The summed E-state index contributed by atoms with van der Waals surface area (Å²) >= 11 is 0. The second kappa shape index (κ2) is 9.33. The number of hydrogen-bond acceptors (Lipinski definition) is 7. The number of carbonyl (C=O) groups excluding carboxylic acids is 1. The lowest BCUT2D eigenvalue weighted by Gasteiger charge is -2.33. The SMILES string of the molecule is CC(Oc1ccc(C2CCN(c3ccc4nnc(C(F)(F)F)n4n3)CC2)cc1)N1CC[N]C(=O)C1. The van der Waals surface area contributed by atoms with Gasteiger partial charge in [0.1, 0.15) is 17.8 Å². The monoisotopic (exact) mass is 488 g/mol. The number of piperidine rings is 1. The third-order valence-electron chi connectivity index (χ3n) is 6.51. The molecule has 5 rings (SSSR count). The largest absolute Gasteiger partial charge is 0.475 e. The fourth-order valence-corrected chi connectivity index (χ4v) is 4.57. The van der Waals surface area contributed by atoms with E-state index in [1.54, 1.807) is 6.07 Å². The molecule has 0 saturated carbocycles. The molecule has 1 amide bonds. The Morgan fingerprint density at radius 3 is 2.46 bits per heavy atom. The molecule has 0 spiro atoms. The number of carbonyl (C=O) groups is 1. The fraction of sp³-hybridized carbons (Fsp3) is 0.478. The van der Waals surface area contributed by atoms with Crippen molar-refractivity contribution in [3.05, 3.63) is 47.8 Å². The van der Waals surface area contributed by atoms with Crippen LogP contribution in [-0.4, -0.2) is 69.6 Å². The van der Waals surface area contributed by atoms with Crippen molar-refractivity contribution in [3.8, 4) is 5.75 Å². The Bertz CT molecular complexity index is 1190. The first kappa shape index (κ1) is 23.3. The summed E-state index contributed by atoms with van der Waals surface area (Å²) in [6, 6.07) is 11.2. The number of hydrogen-bond donors (Lipinski definition) is 0. The van der Waals surface area contributed by atoms with E-state index >= 15 is 0 Å². The molecule has 1 aromatic carbocycles. The highest BCUT2D eigenvalue weighted by atomic mass is 19.4. The van der Waals surface area contributed by atoms with E-state index in [0.29, 0.717) is 37.9 Å². The Labute approximate surface area is 199 Å². The number of aromatic nitrogens is 4. The van der Waals surface area contributed by atoms with E-state index in [1.807, 2.05) is 28.9 Å². The molecular formula is C23H25F3N7O2. The van der Waals surface area contributed by atoms with Crippen LogP contribution in [0.2, 0.25) is 0 Å². The van der Waals surface area contributed by atoms with Gasteiger partial charge in [0.05, 0.1) is 13.1 Å². The summed E-state index contributed by atoms with van der Waals surface area (Å²) in [6.07, 6.45) is -3.14. The predicted molar refractivity (Wildman–Crippen MR) is 120 cm³/mol. The van der Waals surface area contributed by atoms with Gasteiger partial charge in [-0.05, 0) is 55.5 Å². The van der Waals surface area contributed by atoms with Crippen molar-refractivity contribution in [1.82, 2.24) is 30.0 Å². The second-order valence-corrected chi connectivity index (χ2v) is 8.78. The normalized spacial score (nSPS) is 19.1. The summed E-state index contributed by atoms with van der Waals surface area (Å²) in [7, 11) is 0. The summed E-state index contributed by atoms with van der Waals surface area (Å²) in [5.74, 6) is 0.306. The van der Waals surface area contributed by atoms with Crippen LogP contribution in [0.4, 0.5) is 19.0 Å². The number of amides is 1. The van der Waals surface area contributed by atoms with Gasteiger partial charge < -0.3 is 9.64 Å². The molecule has 0 bridgehead atoms. The maximum absolute atomic E-state index is 13.2. The molecule has 2 aliphatic heterocycles. The zero-order valence-corrected chi connectivity index (χ0v) is 19.1. The van der Waals surface area contributed by atoms with Gasteiger partial charge in [0.15, 0.2) is 5.65 Å². The Morgan fingerprint density at radius 2 is 1.77 bits per heavy atom. The molecule has 2 aromatic heterocycles. The van der Waals surface area contributed by atoms with Crippen molar-refractivity contribution in [1.29, 1.82) is 0 Å². The highest BCUT2D eigenvalue weighted by Crippen LogP contribution is 2.32. The number of piperazine rings is 1. The molecule has 1 unspecified atom stereocenters. The molecule has 4 heterocycles. The van der Waals surface area contributed by atoms with Crippen molar-refractivity contribution in [2.24, 2.45) is 0 Å². The van der Waals surface area contributed by atoms with Gasteiger partial charge in [0, 0.05) is 19.6 Å². The Morgan fingerprint density at radius 1 is 1.03 bits per heavy atom. The first-order valence-electron chi connectivity index (χ1n) is 11.5. The lowest BCUT2D eigenvalue weighted by Crippen LogP contribution is -2.49. The Kier molecular flexibility index (Phi) is 6.22. The number of rotatable bonds is 5. The van der Waals surface area contributed by atoms with Gasteiger partial charge in [-0.3, -0.25) is 9.69 Å². The van der Waals surface area contributed by atoms with Gasteiger partial charge in [-0.15, -0.1) is 15.3 Å². The molecule has 1 radical (unpaired) electrons. The maximum atomic E-state index is 13.2. The average molecular weight is 488 g/mol. The lowest BCUT2D eigenvalue weighted by atomic mass is 9.89. The Hall–Kier alpha value is -3.41. The third-order valence-corrected chi connectivity index (χ3v) is 6.51. The quantitative estimate of drug-likeness (QED) is 0.546. The van der Waals surface area contributed by atoms with E-state index < -0.39 is 12.0 Å². The molecule has 185 valence electrons. The summed E-state index contributed by atoms with van der Waals surface area (Å²) in [5, 5.41) is 14.8. The average Bonchev–Trinajstić information content (AvgIpc) is 3.29. The van der Waals surface area contributed by atoms with Crippen LogP contribution < -0.4 is 15.0 Å². The molecule has 2 fully saturated rings. The molecule has 3 aromatic rings. The Balaban J connectivity index is 1.19. The maximum Gasteiger partial charge on any atom is 0.453 e. The van der Waals surface area contributed by atoms with Crippen molar-refractivity contribution < 1.29 is 22.7 Å². The van der Waals surface area contributed by atoms with Gasteiger partial charge in [0.25, 0.3) is 11.7 Å². The molecule has 2 aliphatic rings. The first-order chi connectivity index (χ1) is 16.8. The van der Waals surface area contributed by atoms with Crippen LogP contribution in [0.5, 0.6) is 5.75 Å². The predicted octanol–water partition coefficient (Wildman–Crippen LogP) is 2.70. The molecule has 9 nitrogen and oxygen atoms in total. The number of nitrogens with zero attached hydrogens (tertiary/aromatic N) is 7. The number of alkyl halides is 3. The minimum Gasteiger partial charge on any atom is -0.475 e. The number of halogens is 3. The summed E-state index contributed by atoms with van der Waals surface area (Å²) in [4.78, 5) is 15.5. The minimum absolute atomic E-state index is 0.0643. The number of benzene rings is 1. The van der Waals surface area contributed by atoms with Crippen molar-refractivity contribution in [2.75, 3.05) is 37.6 Å². The molecule has 1 atom stereocenters. The third kappa shape index (κ3) is 5.02. The number of ether oxygens (including phenoxy) is 1. The van der Waals surface area contributed by atoms with Crippen LogP contribution >= 0.6 is 0 Å². The molecule has 0 N–H and O–H groups in total. The van der Waals surface area contributed by atoms with E-state index in [9.17, 15) is 18.0 Å². The zero-order chi connectivity index (χ0) is 24.6.